The van der Waals surface area contributed by atoms with E-state index in [1.54, 1.807) is 12.1 Å². The lowest BCUT2D eigenvalue weighted by atomic mass is 10.2. The van der Waals surface area contributed by atoms with Crippen LogP contribution in [0.1, 0.15) is 51.9 Å². The third-order valence-corrected chi connectivity index (χ3v) is 7.85. The van der Waals surface area contributed by atoms with E-state index < -0.39 is 28.1 Å². The topological polar surface area (TPSA) is 142 Å². The minimum Gasteiger partial charge on any atom is -0.376 e. The number of nitrogens with zero attached hydrogens (tertiary/aromatic N) is 2. The molecule has 38 heavy (non-hydrogen) atoms. The lowest BCUT2D eigenvalue weighted by Crippen LogP contribution is -2.45. The van der Waals surface area contributed by atoms with Crippen molar-refractivity contribution in [3.8, 4) is 0 Å². The Morgan fingerprint density at radius 1 is 1.18 bits per heavy atom. The second kappa shape index (κ2) is 14.8. The first kappa shape index (κ1) is 31.2. The van der Waals surface area contributed by atoms with Crippen LogP contribution in [0.2, 0.25) is 0 Å². The number of halogens is 1. The predicted octanol–water partition coefficient (Wildman–Crippen LogP) is 2.40. The second-order valence-electron chi connectivity index (χ2n) is 9.69. The Morgan fingerprint density at radius 3 is 2.47 bits per heavy atom. The second-order valence-corrected chi connectivity index (χ2v) is 11.6. The fraction of sp³-hybridized carbons (Fsp3) is 0.577. The zero-order valence-corrected chi connectivity index (χ0v) is 23.2. The SMILES string of the molecule is CCCCC/C=C\C1C[C@@H]1C(=O)NS(=O)(=O)N(C)C.NC(=O)[C@@H]1CCCN1C(=O)CNc1ccc(F)cc1. The highest BCUT2D eigenvalue weighted by atomic mass is 32.2. The van der Waals surface area contributed by atoms with Crippen LogP contribution >= 0.6 is 0 Å². The van der Waals surface area contributed by atoms with Crippen LogP contribution in [0.25, 0.3) is 0 Å². The van der Waals surface area contributed by atoms with Crippen molar-refractivity contribution < 1.29 is 27.2 Å². The summed E-state index contributed by atoms with van der Waals surface area (Å²) in [6.45, 7) is 2.78. The van der Waals surface area contributed by atoms with Crippen LogP contribution in [0.3, 0.4) is 0 Å². The minimum absolute atomic E-state index is 0.0649. The van der Waals surface area contributed by atoms with Crippen molar-refractivity contribution in [1.82, 2.24) is 13.9 Å². The molecule has 2 aliphatic rings. The van der Waals surface area contributed by atoms with Crippen molar-refractivity contribution in [2.75, 3.05) is 32.5 Å². The summed E-state index contributed by atoms with van der Waals surface area (Å²) in [6, 6.07) is 5.24. The highest BCUT2D eigenvalue weighted by molar-refractivity contribution is 7.87. The van der Waals surface area contributed by atoms with Gasteiger partial charge in [0.2, 0.25) is 17.7 Å². The van der Waals surface area contributed by atoms with Crippen LogP contribution in [0.15, 0.2) is 36.4 Å². The molecule has 1 aliphatic carbocycles. The average molecular weight is 554 g/mol. The summed E-state index contributed by atoms with van der Waals surface area (Å²) < 4.78 is 38.8. The molecule has 4 N–H and O–H groups in total. The molecule has 1 saturated heterocycles. The van der Waals surface area contributed by atoms with E-state index >= 15 is 0 Å². The van der Waals surface area contributed by atoms with Crippen LogP contribution in [-0.4, -0.2) is 68.6 Å². The molecule has 3 amide bonds. The lowest BCUT2D eigenvalue weighted by molar-refractivity contribution is -0.135. The van der Waals surface area contributed by atoms with Crippen molar-refractivity contribution in [3.63, 3.8) is 0 Å². The monoisotopic (exact) mass is 553 g/mol. The first-order chi connectivity index (χ1) is 18.0. The van der Waals surface area contributed by atoms with Gasteiger partial charge in [-0.05, 0) is 62.3 Å². The number of primary amides is 1. The molecule has 1 aliphatic heterocycles. The van der Waals surface area contributed by atoms with E-state index in [0.717, 1.165) is 23.6 Å². The molecule has 1 saturated carbocycles. The van der Waals surface area contributed by atoms with E-state index in [-0.39, 0.29) is 30.1 Å². The van der Waals surface area contributed by atoms with Gasteiger partial charge in [-0.15, -0.1) is 0 Å². The lowest BCUT2D eigenvalue weighted by Gasteiger charge is -2.22. The standard InChI is InChI=1S/C13H16FN3O2.C13H24N2O3S/c14-9-3-5-10(6-4-9)16-8-12(18)17-7-1-2-11(17)13(15)19;1-4-5-6-7-8-9-11-10-12(11)13(16)14-19(17,18)15(2)3/h3-6,11,16H,1-2,7-8H2,(H2,15,19);8-9,11-12H,4-7,10H2,1-3H3,(H,14,16)/b;9-8-/t11-;11?,12-/m00/s1. The maximum Gasteiger partial charge on any atom is 0.303 e. The number of carbonyl (C=O) groups excluding carboxylic acids is 3. The molecule has 1 heterocycles. The molecular weight excluding hydrogens is 513 g/mol. The quantitative estimate of drug-likeness (QED) is 0.268. The van der Waals surface area contributed by atoms with Crippen LogP contribution in [0.5, 0.6) is 0 Å². The molecule has 2 fully saturated rings. The van der Waals surface area contributed by atoms with E-state index in [9.17, 15) is 27.2 Å². The summed E-state index contributed by atoms with van der Waals surface area (Å²) in [6.07, 6.45) is 10.9. The summed E-state index contributed by atoms with van der Waals surface area (Å²) in [5, 5.41) is 2.90. The van der Waals surface area contributed by atoms with Gasteiger partial charge in [0.1, 0.15) is 11.9 Å². The largest absolute Gasteiger partial charge is 0.376 e. The molecule has 212 valence electrons. The van der Waals surface area contributed by atoms with Crippen molar-refractivity contribution in [2.45, 2.75) is 57.9 Å². The van der Waals surface area contributed by atoms with Crippen molar-refractivity contribution >= 4 is 33.6 Å². The summed E-state index contributed by atoms with van der Waals surface area (Å²) in [5.41, 5.74) is 5.91. The Morgan fingerprint density at radius 2 is 1.87 bits per heavy atom. The highest BCUT2D eigenvalue weighted by Crippen LogP contribution is 2.40. The van der Waals surface area contributed by atoms with Gasteiger partial charge < -0.3 is 16.0 Å². The predicted molar refractivity (Wildman–Crippen MR) is 144 cm³/mol. The molecule has 3 atom stereocenters. The highest BCUT2D eigenvalue weighted by Gasteiger charge is 2.42. The first-order valence-electron chi connectivity index (χ1n) is 12.9. The third kappa shape index (κ3) is 10.1. The number of allylic oxidation sites excluding steroid dienone is 2. The number of nitrogens with one attached hydrogen (secondary N) is 2. The van der Waals surface area contributed by atoms with Crippen molar-refractivity contribution in [2.24, 2.45) is 17.6 Å². The summed E-state index contributed by atoms with van der Waals surface area (Å²) in [7, 11) is -0.856. The smallest absolute Gasteiger partial charge is 0.303 e. The van der Waals surface area contributed by atoms with E-state index in [2.05, 4.69) is 23.0 Å². The third-order valence-electron chi connectivity index (χ3n) is 6.43. The van der Waals surface area contributed by atoms with Gasteiger partial charge in [-0.2, -0.15) is 12.7 Å². The van der Waals surface area contributed by atoms with Gasteiger partial charge in [0.25, 0.3) is 0 Å². The summed E-state index contributed by atoms with van der Waals surface area (Å²) >= 11 is 0. The number of benzene rings is 1. The van der Waals surface area contributed by atoms with E-state index in [1.165, 1.54) is 50.4 Å². The molecule has 3 rings (SSSR count). The molecule has 1 aromatic rings. The number of carbonyl (C=O) groups is 3. The summed E-state index contributed by atoms with van der Waals surface area (Å²) in [4.78, 5) is 36.4. The number of anilines is 1. The molecule has 1 aromatic carbocycles. The maximum atomic E-state index is 12.7. The van der Waals surface area contributed by atoms with Gasteiger partial charge in [0, 0.05) is 32.2 Å². The van der Waals surface area contributed by atoms with Gasteiger partial charge in [-0.25, -0.2) is 9.11 Å². The Bertz CT molecular complexity index is 1080. The fourth-order valence-corrected chi connectivity index (χ4v) is 4.60. The molecule has 12 heteroatoms. The Balaban J connectivity index is 0.000000267. The minimum atomic E-state index is -3.65. The number of nitrogens with two attached hydrogens (primary N) is 1. The normalized spacial score (nSPS) is 20.7. The molecular formula is C26H40FN5O5S. The number of likely N-dealkylation sites (tertiary alicyclic amines) is 1. The fourth-order valence-electron chi connectivity index (χ4n) is 4.01. The number of unbranched alkanes of at least 4 members (excludes halogenated alkanes) is 3. The van der Waals surface area contributed by atoms with E-state index in [1.807, 2.05) is 6.08 Å². The Labute approximate surface area is 225 Å². The van der Waals surface area contributed by atoms with Crippen molar-refractivity contribution in [1.29, 1.82) is 0 Å². The molecule has 10 nitrogen and oxygen atoms in total. The number of hydrogen-bond acceptors (Lipinski definition) is 6. The Hall–Kier alpha value is -2.99. The molecule has 0 bridgehead atoms. The van der Waals surface area contributed by atoms with Gasteiger partial charge in [-0.3, -0.25) is 14.4 Å². The van der Waals surface area contributed by atoms with Crippen LogP contribution in [0.4, 0.5) is 10.1 Å². The zero-order chi connectivity index (χ0) is 28.3. The van der Waals surface area contributed by atoms with E-state index in [0.29, 0.717) is 18.7 Å². The summed E-state index contributed by atoms with van der Waals surface area (Å²) in [5.74, 6) is -1.34. The zero-order valence-electron chi connectivity index (χ0n) is 22.4. The maximum absolute atomic E-state index is 12.7. The first-order valence-corrected chi connectivity index (χ1v) is 14.4. The number of hydrogen-bond donors (Lipinski definition) is 3. The van der Waals surface area contributed by atoms with Gasteiger partial charge in [0.15, 0.2) is 0 Å². The Kier molecular flexibility index (Phi) is 12.2. The molecule has 0 spiro atoms. The van der Waals surface area contributed by atoms with Crippen molar-refractivity contribution in [3.05, 3.63) is 42.2 Å². The molecule has 0 aromatic heterocycles. The molecule has 0 radical (unpaired) electrons. The van der Waals surface area contributed by atoms with Gasteiger partial charge in [0.05, 0.1) is 6.54 Å². The van der Waals surface area contributed by atoms with Gasteiger partial charge >= 0.3 is 10.2 Å². The van der Waals surface area contributed by atoms with E-state index in [4.69, 9.17) is 5.73 Å². The van der Waals surface area contributed by atoms with Gasteiger partial charge in [-0.1, -0.05) is 31.9 Å². The number of rotatable bonds is 12. The van der Waals surface area contributed by atoms with Crippen LogP contribution in [0, 0.1) is 17.7 Å². The number of amides is 3. The average Bonchev–Trinajstić information content (AvgIpc) is 3.46. The molecule has 1 unspecified atom stereocenters. The van der Waals surface area contributed by atoms with Crippen LogP contribution in [-0.2, 0) is 24.6 Å². The van der Waals surface area contributed by atoms with Crippen LogP contribution < -0.4 is 15.8 Å².